The highest BCUT2D eigenvalue weighted by Gasteiger charge is 2.13. The zero-order valence-corrected chi connectivity index (χ0v) is 11.0. The van der Waals surface area contributed by atoms with Crippen LogP contribution < -0.4 is 5.32 Å². The van der Waals surface area contributed by atoms with Crippen LogP contribution in [0.25, 0.3) is 0 Å². The maximum Gasteiger partial charge on any atom is 0.126 e. The number of anilines is 1. The molecule has 98 valence electrons. The molecule has 1 aliphatic heterocycles. The van der Waals surface area contributed by atoms with Crippen LogP contribution >= 0.6 is 0 Å². The predicted molar refractivity (Wildman–Crippen MR) is 77.9 cm³/mol. The summed E-state index contributed by atoms with van der Waals surface area (Å²) in [6.07, 6.45) is 3.32. The van der Waals surface area contributed by atoms with Gasteiger partial charge in [-0.1, -0.05) is 36.4 Å². The molecule has 19 heavy (non-hydrogen) atoms. The number of pyridine rings is 1. The molecule has 1 fully saturated rings. The number of nitrogens with zero attached hydrogens (tertiary/aromatic N) is 2. The van der Waals surface area contributed by atoms with Gasteiger partial charge in [-0.3, -0.25) is 4.90 Å². The van der Waals surface area contributed by atoms with Gasteiger partial charge in [-0.25, -0.2) is 4.98 Å². The third-order valence-electron chi connectivity index (χ3n) is 3.50. The lowest BCUT2D eigenvalue weighted by atomic mass is 10.2. The maximum absolute atomic E-state index is 4.47. The molecule has 0 amide bonds. The maximum atomic E-state index is 4.47. The van der Waals surface area contributed by atoms with E-state index in [2.05, 4.69) is 51.6 Å². The first-order valence-electron chi connectivity index (χ1n) is 6.85. The summed E-state index contributed by atoms with van der Waals surface area (Å²) >= 11 is 0. The Morgan fingerprint density at radius 2 is 1.84 bits per heavy atom. The van der Waals surface area contributed by atoms with Gasteiger partial charge < -0.3 is 5.32 Å². The summed E-state index contributed by atoms with van der Waals surface area (Å²) in [5, 5.41) is 3.34. The minimum Gasteiger partial charge on any atom is -0.366 e. The summed E-state index contributed by atoms with van der Waals surface area (Å²) in [7, 11) is 0. The number of hydrogen-bond donors (Lipinski definition) is 1. The molecular formula is C16H19N3. The Balaban J connectivity index is 1.53. The SMILES string of the molecule is c1ccc(CNc2ccc(CN3CCC3)cn2)cc1. The fourth-order valence-corrected chi connectivity index (χ4v) is 2.21. The fourth-order valence-electron chi connectivity index (χ4n) is 2.21. The van der Waals surface area contributed by atoms with E-state index in [4.69, 9.17) is 0 Å². The lowest BCUT2D eigenvalue weighted by Crippen LogP contribution is -2.36. The first-order valence-corrected chi connectivity index (χ1v) is 6.85. The van der Waals surface area contributed by atoms with Crippen LogP contribution in [0.3, 0.4) is 0 Å². The molecule has 1 saturated heterocycles. The molecule has 0 saturated carbocycles. The van der Waals surface area contributed by atoms with E-state index in [0.29, 0.717) is 0 Å². The molecule has 1 aliphatic rings. The minimum absolute atomic E-state index is 0.819. The summed E-state index contributed by atoms with van der Waals surface area (Å²) in [6.45, 7) is 4.31. The van der Waals surface area contributed by atoms with E-state index < -0.39 is 0 Å². The molecule has 3 nitrogen and oxygen atoms in total. The summed E-state index contributed by atoms with van der Waals surface area (Å²) < 4.78 is 0. The van der Waals surface area contributed by atoms with Gasteiger partial charge >= 0.3 is 0 Å². The molecule has 1 N–H and O–H groups in total. The van der Waals surface area contributed by atoms with E-state index in [-0.39, 0.29) is 0 Å². The smallest absolute Gasteiger partial charge is 0.126 e. The van der Waals surface area contributed by atoms with Crippen LogP contribution in [-0.2, 0) is 13.1 Å². The third-order valence-corrected chi connectivity index (χ3v) is 3.50. The molecule has 3 rings (SSSR count). The van der Waals surface area contributed by atoms with Crippen molar-refractivity contribution in [2.45, 2.75) is 19.5 Å². The Morgan fingerprint density at radius 1 is 1.00 bits per heavy atom. The number of hydrogen-bond acceptors (Lipinski definition) is 3. The van der Waals surface area contributed by atoms with Crippen molar-refractivity contribution in [2.24, 2.45) is 0 Å². The quantitative estimate of drug-likeness (QED) is 0.888. The number of rotatable bonds is 5. The van der Waals surface area contributed by atoms with Gasteiger partial charge in [0.05, 0.1) is 0 Å². The van der Waals surface area contributed by atoms with Gasteiger partial charge in [0.15, 0.2) is 0 Å². The van der Waals surface area contributed by atoms with E-state index >= 15 is 0 Å². The van der Waals surface area contributed by atoms with Gasteiger partial charge in [0.2, 0.25) is 0 Å². The van der Waals surface area contributed by atoms with Crippen molar-refractivity contribution in [3.8, 4) is 0 Å². The summed E-state index contributed by atoms with van der Waals surface area (Å²) in [4.78, 5) is 6.91. The van der Waals surface area contributed by atoms with Crippen molar-refractivity contribution in [1.29, 1.82) is 0 Å². The van der Waals surface area contributed by atoms with Gasteiger partial charge in [-0.2, -0.15) is 0 Å². The molecule has 0 unspecified atom stereocenters. The Bertz CT molecular complexity index is 503. The first kappa shape index (κ1) is 12.2. The van der Waals surface area contributed by atoms with Crippen LogP contribution in [0, 0.1) is 0 Å². The van der Waals surface area contributed by atoms with Crippen LogP contribution in [0.2, 0.25) is 0 Å². The number of nitrogens with one attached hydrogen (secondary N) is 1. The molecule has 0 atom stereocenters. The monoisotopic (exact) mass is 253 g/mol. The molecule has 1 aromatic heterocycles. The number of benzene rings is 1. The lowest BCUT2D eigenvalue weighted by Gasteiger charge is -2.30. The Kier molecular flexibility index (Phi) is 3.75. The van der Waals surface area contributed by atoms with Crippen LogP contribution in [0.5, 0.6) is 0 Å². The number of aromatic nitrogens is 1. The van der Waals surface area contributed by atoms with Crippen LogP contribution in [0.4, 0.5) is 5.82 Å². The van der Waals surface area contributed by atoms with Crippen LogP contribution in [0.1, 0.15) is 17.5 Å². The van der Waals surface area contributed by atoms with Crippen molar-refractivity contribution < 1.29 is 0 Å². The van der Waals surface area contributed by atoms with Gasteiger partial charge in [0.1, 0.15) is 5.82 Å². The van der Waals surface area contributed by atoms with E-state index in [1.54, 1.807) is 0 Å². The fraction of sp³-hybridized carbons (Fsp3) is 0.312. The van der Waals surface area contributed by atoms with E-state index in [1.807, 2.05) is 12.3 Å². The molecular weight excluding hydrogens is 234 g/mol. The Morgan fingerprint density at radius 3 is 2.47 bits per heavy atom. The highest BCUT2D eigenvalue weighted by Crippen LogP contribution is 2.13. The Labute approximate surface area is 114 Å². The first-order chi connectivity index (χ1) is 9.40. The topological polar surface area (TPSA) is 28.2 Å². The molecule has 2 heterocycles. The van der Waals surface area contributed by atoms with Crippen LogP contribution in [0.15, 0.2) is 48.7 Å². The second-order valence-corrected chi connectivity index (χ2v) is 5.02. The zero-order chi connectivity index (χ0) is 12.9. The van der Waals surface area contributed by atoms with Crippen molar-refractivity contribution in [3.05, 3.63) is 59.8 Å². The number of likely N-dealkylation sites (tertiary alicyclic amines) is 1. The predicted octanol–water partition coefficient (Wildman–Crippen LogP) is 2.90. The highest BCUT2D eigenvalue weighted by atomic mass is 15.2. The standard InChI is InChI=1S/C16H19N3/c1-2-5-14(6-3-1)11-17-16-8-7-15(12-18-16)13-19-9-4-10-19/h1-3,5-8,12H,4,9-11,13H2,(H,17,18). The molecule has 0 spiro atoms. The molecule has 2 aromatic rings. The van der Waals surface area contributed by atoms with E-state index in [9.17, 15) is 0 Å². The average Bonchev–Trinajstić information content (AvgIpc) is 2.43. The average molecular weight is 253 g/mol. The summed E-state index contributed by atoms with van der Waals surface area (Å²) in [5.74, 6) is 0.941. The summed E-state index contributed by atoms with van der Waals surface area (Å²) in [5.41, 5.74) is 2.57. The van der Waals surface area contributed by atoms with E-state index in [0.717, 1.165) is 18.9 Å². The normalized spacial score (nSPS) is 14.9. The molecule has 0 aliphatic carbocycles. The van der Waals surface area contributed by atoms with E-state index in [1.165, 1.54) is 30.6 Å². The second-order valence-electron chi connectivity index (χ2n) is 5.02. The van der Waals surface area contributed by atoms with Crippen molar-refractivity contribution in [2.75, 3.05) is 18.4 Å². The van der Waals surface area contributed by atoms with Gasteiger partial charge in [-0.05, 0) is 36.7 Å². The zero-order valence-electron chi connectivity index (χ0n) is 11.0. The minimum atomic E-state index is 0.819. The summed E-state index contributed by atoms with van der Waals surface area (Å²) in [6, 6.07) is 14.6. The third kappa shape index (κ3) is 3.32. The van der Waals surface area contributed by atoms with Crippen LogP contribution in [-0.4, -0.2) is 23.0 Å². The second kappa shape index (κ2) is 5.85. The Hall–Kier alpha value is -1.87. The molecule has 0 radical (unpaired) electrons. The van der Waals surface area contributed by atoms with Gasteiger partial charge in [0.25, 0.3) is 0 Å². The van der Waals surface area contributed by atoms with Crippen molar-refractivity contribution >= 4 is 5.82 Å². The molecule has 0 bridgehead atoms. The van der Waals surface area contributed by atoms with Crippen molar-refractivity contribution in [3.63, 3.8) is 0 Å². The lowest BCUT2D eigenvalue weighted by molar-refractivity contribution is 0.172. The molecule has 3 heteroatoms. The molecule has 1 aromatic carbocycles. The largest absolute Gasteiger partial charge is 0.366 e. The van der Waals surface area contributed by atoms with Crippen molar-refractivity contribution in [1.82, 2.24) is 9.88 Å². The highest BCUT2D eigenvalue weighted by molar-refractivity contribution is 5.36. The van der Waals surface area contributed by atoms with Gasteiger partial charge in [-0.15, -0.1) is 0 Å². The van der Waals surface area contributed by atoms with Gasteiger partial charge in [0, 0.05) is 19.3 Å².